The van der Waals surface area contributed by atoms with E-state index in [1.807, 2.05) is 12.1 Å². The molecule has 4 aromatic rings. The molecule has 1 aromatic carbocycles. The molecule has 1 aliphatic carbocycles. The van der Waals surface area contributed by atoms with E-state index in [9.17, 15) is 9.90 Å². The van der Waals surface area contributed by atoms with Crippen molar-refractivity contribution in [3.8, 4) is 5.88 Å². The number of aromatic hydroxyl groups is 1. The van der Waals surface area contributed by atoms with Gasteiger partial charge in [0.15, 0.2) is 11.1 Å². The third-order valence-corrected chi connectivity index (χ3v) is 6.18. The van der Waals surface area contributed by atoms with Gasteiger partial charge in [-0.3, -0.25) is 9.98 Å². The number of nitrogens with zero attached hydrogens (tertiary/aromatic N) is 5. The second-order valence-electron chi connectivity index (χ2n) is 8.76. The van der Waals surface area contributed by atoms with Crippen LogP contribution >= 0.6 is 0 Å². The number of hydrogen-bond donors (Lipinski definition) is 4. The molecule has 0 radical (unpaired) electrons. The Hall–Kier alpha value is -4.12. The Balaban J connectivity index is 1.37. The van der Waals surface area contributed by atoms with Crippen molar-refractivity contribution in [3.63, 3.8) is 0 Å². The topological polar surface area (TPSA) is 136 Å². The van der Waals surface area contributed by atoms with Crippen molar-refractivity contribution in [1.82, 2.24) is 24.6 Å². The summed E-state index contributed by atoms with van der Waals surface area (Å²) in [7, 11) is 0. The number of imidazole rings is 1. The molecule has 11 nitrogen and oxygen atoms in total. The summed E-state index contributed by atoms with van der Waals surface area (Å²) in [5, 5.41) is 18.6. The number of anilines is 2. The Morgan fingerprint density at radius 3 is 2.83 bits per heavy atom. The van der Waals surface area contributed by atoms with Gasteiger partial charge in [0.2, 0.25) is 5.88 Å². The number of ether oxygens (including phenoxy) is 1. The maximum absolute atomic E-state index is 11.5. The quantitative estimate of drug-likeness (QED) is 0.320. The van der Waals surface area contributed by atoms with E-state index in [1.54, 1.807) is 16.8 Å². The molecule has 4 heterocycles. The van der Waals surface area contributed by atoms with Crippen LogP contribution in [0.1, 0.15) is 24.1 Å². The van der Waals surface area contributed by atoms with E-state index < -0.39 is 5.69 Å². The zero-order chi connectivity index (χ0) is 23.8. The van der Waals surface area contributed by atoms with Crippen molar-refractivity contribution >= 4 is 23.2 Å². The maximum atomic E-state index is 11.5. The second kappa shape index (κ2) is 8.91. The van der Waals surface area contributed by atoms with Gasteiger partial charge in [-0.1, -0.05) is 18.2 Å². The van der Waals surface area contributed by atoms with E-state index in [-0.39, 0.29) is 11.6 Å². The minimum atomic E-state index is -0.483. The van der Waals surface area contributed by atoms with E-state index in [0.717, 1.165) is 39.1 Å². The average Bonchev–Trinajstić information content (AvgIpc) is 3.51. The van der Waals surface area contributed by atoms with Gasteiger partial charge in [-0.15, -0.1) is 0 Å². The first kappa shape index (κ1) is 21.4. The Morgan fingerprint density at radius 1 is 1.23 bits per heavy atom. The molecule has 0 spiro atoms. The fourth-order valence-electron chi connectivity index (χ4n) is 4.25. The molecule has 35 heavy (non-hydrogen) atoms. The number of morpholine rings is 1. The molecular formula is C24H26N8O3. The van der Waals surface area contributed by atoms with Gasteiger partial charge in [-0.2, -0.15) is 9.61 Å². The van der Waals surface area contributed by atoms with Crippen LogP contribution in [0.5, 0.6) is 5.88 Å². The van der Waals surface area contributed by atoms with Gasteiger partial charge in [0, 0.05) is 36.6 Å². The van der Waals surface area contributed by atoms with E-state index in [0.29, 0.717) is 34.8 Å². The lowest BCUT2D eigenvalue weighted by atomic mass is 10.1. The highest BCUT2D eigenvalue weighted by Gasteiger charge is 2.20. The van der Waals surface area contributed by atoms with Gasteiger partial charge in [-0.25, -0.2) is 9.78 Å². The van der Waals surface area contributed by atoms with Crippen LogP contribution in [0.15, 0.2) is 46.3 Å². The van der Waals surface area contributed by atoms with Crippen molar-refractivity contribution < 1.29 is 9.84 Å². The molecule has 0 unspecified atom stereocenters. The number of benzene rings is 1. The average molecular weight is 475 g/mol. The lowest BCUT2D eigenvalue weighted by molar-refractivity contribution is 0.122. The van der Waals surface area contributed by atoms with Crippen molar-refractivity contribution in [3.05, 3.63) is 69.0 Å². The largest absolute Gasteiger partial charge is 0.493 e. The van der Waals surface area contributed by atoms with Crippen molar-refractivity contribution in [2.45, 2.75) is 25.4 Å². The lowest BCUT2D eigenvalue weighted by Gasteiger charge is -2.30. The number of para-hydroxylation sites is 1. The van der Waals surface area contributed by atoms with Gasteiger partial charge in [0.05, 0.1) is 25.5 Å². The predicted octanol–water partition coefficient (Wildman–Crippen LogP) is 0.511. The van der Waals surface area contributed by atoms with Crippen LogP contribution in [0.2, 0.25) is 0 Å². The molecule has 1 saturated carbocycles. The number of H-pyrrole nitrogens is 2. The van der Waals surface area contributed by atoms with Gasteiger partial charge in [0.25, 0.3) is 0 Å². The molecule has 0 bridgehead atoms. The van der Waals surface area contributed by atoms with Crippen LogP contribution in [0.4, 0.5) is 11.5 Å². The molecule has 2 aliphatic rings. The molecule has 1 aliphatic heterocycles. The first-order valence-electron chi connectivity index (χ1n) is 11.7. The summed E-state index contributed by atoms with van der Waals surface area (Å²) in [5.74, 6) is 0.446. The van der Waals surface area contributed by atoms with Gasteiger partial charge in [-0.05, 0) is 30.5 Å². The Kier molecular flexibility index (Phi) is 5.45. The number of rotatable bonds is 6. The molecular weight excluding hydrogens is 448 g/mol. The predicted molar refractivity (Wildman–Crippen MR) is 130 cm³/mol. The highest BCUT2D eigenvalue weighted by atomic mass is 16.5. The minimum Gasteiger partial charge on any atom is -0.493 e. The zero-order valence-corrected chi connectivity index (χ0v) is 19.1. The number of hydrogen-bond acceptors (Lipinski definition) is 8. The molecule has 4 N–H and O–H groups in total. The molecule has 180 valence electrons. The van der Waals surface area contributed by atoms with E-state index in [1.165, 1.54) is 11.3 Å². The van der Waals surface area contributed by atoms with Gasteiger partial charge in [0.1, 0.15) is 11.5 Å². The number of aromatic nitrogens is 5. The SMILES string of the molecule is O=c1[nH]c(O)c(C=c2cnn3c(=NC4CC4)cc(NCc4ccccc4N4CCOCC4)nc23)[nH]1. The number of fused-ring (bicyclic) bond motifs is 1. The molecule has 11 heteroatoms. The fraction of sp³-hybridized carbons (Fsp3) is 0.333. The Morgan fingerprint density at radius 2 is 2.06 bits per heavy atom. The smallest absolute Gasteiger partial charge is 0.326 e. The Labute approximate surface area is 199 Å². The number of nitrogens with one attached hydrogen (secondary N) is 3. The van der Waals surface area contributed by atoms with Crippen LogP contribution < -0.4 is 26.6 Å². The summed E-state index contributed by atoms with van der Waals surface area (Å²) < 4.78 is 7.20. The van der Waals surface area contributed by atoms with Crippen LogP contribution in [0, 0.1) is 0 Å². The standard InChI is InChI=1S/C24H26N8O3/c33-23-18(28-24(34)30-23)11-16-14-26-32-21(27-17-5-6-17)12-20(29-22(16)32)25-13-15-3-1-2-4-19(15)31-7-9-35-10-8-31/h1-4,11-12,14,17,25,33H,5-10,13H2,(H2,28,30,34). The Bertz CT molecular complexity index is 1540. The van der Waals surface area contributed by atoms with Crippen molar-refractivity contribution in [2.75, 3.05) is 36.5 Å². The normalized spacial score (nSPS) is 17.4. The van der Waals surface area contributed by atoms with E-state index in [4.69, 9.17) is 14.7 Å². The summed E-state index contributed by atoms with van der Waals surface area (Å²) in [6.07, 6.45) is 5.42. The monoisotopic (exact) mass is 474 g/mol. The summed E-state index contributed by atoms with van der Waals surface area (Å²) in [4.78, 5) is 28.4. The van der Waals surface area contributed by atoms with Crippen molar-refractivity contribution in [2.24, 2.45) is 4.99 Å². The second-order valence-corrected chi connectivity index (χ2v) is 8.76. The van der Waals surface area contributed by atoms with Crippen LogP contribution in [0.25, 0.3) is 11.7 Å². The molecule has 2 fully saturated rings. The van der Waals surface area contributed by atoms with Crippen molar-refractivity contribution in [1.29, 1.82) is 0 Å². The van der Waals surface area contributed by atoms with Crippen LogP contribution in [-0.4, -0.2) is 62.0 Å². The lowest BCUT2D eigenvalue weighted by Crippen LogP contribution is -2.36. The van der Waals surface area contributed by atoms with Crippen LogP contribution in [0.3, 0.4) is 0 Å². The molecule has 3 aromatic heterocycles. The maximum Gasteiger partial charge on any atom is 0.326 e. The first-order chi connectivity index (χ1) is 17.1. The third-order valence-electron chi connectivity index (χ3n) is 6.18. The van der Waals surface area contributed by atoms with E-state index >= 15 is 0 Å². The third kappa shape index (κ3) is 4.50. The van der Waals surface area contributed by atoms with E-state index in [2.05, 4.69) is 43.5 Å². The van der Waals surface area contributed by atoms with Gasteiger partial charge >= 0.3 is 5.69 Å². The van der Waals surface area contributed by atoms with Crippen LogP contribution in [-0.2, 0) is 11.3 Å². The summed E-state index contributed by atoms with van der Waals surface area (Å²) in [6.45, 7) is 3.80. The fourth-order valence-corrected chi connectivity index (χ4v) is 4.25. The minimum absolute atomic E-state index is 0.230. The van der Waals surface area contributed by atoms with Gasteiger partial charge < -0.3 is 25.0 Å². The number of aromatic amines is 2. The first-order valence-corrected chi connectivity index (χ1v) is 11.7. The molecule has 0 atom stereocenters. The summed E-state index contributed by atoms with van der Waals surface area (Å²) >= 11 is 0. The molecule has 1 saturated heterocycles. The molecule has 0 amide bonds. The molecule has 6 rings (SSSR count). The zero-order valence-electron chi connectivity index (χ0n) is 19.1. The highest BCUT2D eigenvalue weighted by Crippen LogP contribution is 2.23. The highest BCUT2D eigenvalue weighted by molar-refractivity contribution is 5.59. The summed E-state index contributed by atoms with van der Waals surface area (Å²) in [6, 6.07) is 10.6. The summed E-state index contributed by atoms with van der Waals surface area (Å²) in [5.41, 5.74) is 3.45.